The molecule has 3 amide bonds. The van der Waals surface area contributed by atoms with E-state index in [1.807, 2.05) is 255 Å². The lowest BCUT2D eigenvalue weighted by molar-refractivity contribution is 0.00578. The van der Waals surface area contributed by atoms with Crippen molar-refractivity contribution >= 4 is 138 Å². The minimum absolute atomic E-state index is 0.0291. The fraction of sp³-hybridized carbons (Fsp3) is 0.294. The summed E-state index contributed by atoms with van der Waals surface area (Å²) in [6.45, 7) is 27.3. The van der Waals surface area contributed by atoms with Crippen LogP contribution in [0, 0.1) is 0 Å². The van der Waals surface area contributed by atoms with Crippen molar-refractivity contribution in [3.05, 3.63) is 342 Å². The largest absolute Gasteiger partial charge is 0.494 e. The average Bonchev–Trinajstić information content (AvgIpc) is 1.64. The van der Waals surface area contributed by atoms with E-state index in [4.69, 9.17) is 81.5 Å². The van der Waals surface area contributed by atoms with Crippen LogP contribution in [0.1, 0.15) is 158 Å². The maximum absolute atomic E-state index is 12.6. The van der Waals surface area contributed by atoms with E-state index in [1.165, 1.54) is 22.3 Å². The number of H-pyrrole nitrogens is 3. The number of nitrogens with zero attached hydrogens (tertiary/aromatic N) is 6. The number of ether oxygens (including phenoxy) is 3. The first-order valence-corrected chi connectivity index (χ1v) is 44.7. The van der Waals surface area contributed by atoms with Crippen molar-refractivity contribution in [2.75, 3.05) is 54.4 Å². The number of carbonyl (C=O) groups is 3. The standard InChI is InChI=1S/C27H28ClN3O2.C26H35BClNO4.C22H20ClN3.C20H23BrClNO2.C7H5ClN2/c1-27(2,3)33-26(32)31(4)17-24(20-9-11-21(28)12-10-20)19-7-5-18(6-8-19)22-13-15-29-25-23(22)14-16-30-25;1-24(2,3)31-23(30)29(8)17-22(19-11-15-21(28)16-12-19)18-9-13-20(14-10-18)27-32-25(4,5)26(6,7)33-27;1-24-14-21(17-6-8-18(23)9-7-17)16-4-2-15(3-5-16)19-10-12-25-22-20(19)11-13-26-22;1-20(2,3)25-19(24)23(4)13-18(14-5-9-16(21)10-6-14)15-7-11-17(22)12-8-15;8-6-2-4-10-7-5(6)1-3-9-7/h5-16,24H,17H2,1-4H3,(H,29,30);9-16,22H,17H2,1-8H3;2-13,21,24H,14H2,1H3,(H,25,26);5-12,18H,13H2,1-4H3;1-4H,(H,9,10). The zero-order chi connectivity index (χ0) is 91.7. The number of nitrogens with one attached hydrogen (secondary N) is 4. The predicted molar refractivity (Wildman–Crippen MR) is 524 cm³/mol. The number of likely N-dealkylation sites (N-methyl/N-ethyl adjacent to an activating group) is 4. The zero-order valence-electron chi connectivity index (χ0n) is 74.8. The number of rotatable bonds is 19. The monoisotopic (exact) mass is 1870 g/mol. The molecule has 4 atom stereocenters. The number of benzene rings is 8. The van der Waals surface area contributed by atoms with Crippen LogP contribution >= 0.6 is 73.9 Å². The summed E-state index contributed by atoms with van der Waals surface area (Å²) in [6, 6.07) is 76.9. The third-order valence-corrected chi connectivity index (χ3v) is 23.6. The van der Waals surface area contributed by atoms with E-state index in [-0.39, 0.29) is 42.0 Å². The van der Waals surface area contributed by atoms with Gasteiger partial charge in [-0.3, -0.25) is 0 Å². The highest BCUT2D eigenvalue weighted by Gasteiger charge is 2.52. The number of pyridine rings is 3. The number of fused-ring (bicyclic) bond motifs is 3. The highest BCUT2D eigenvalue weighted by Crippen LogP contribution is 2.39. The molecule has 18 nitrogen and oxygen atoms in total. The summed E-state index contributed by atoms with van der Waals surface area (Å²) in [6.07, 6.45) is 9.97. The van der Waals surface area contributed by atoms with E-state index in [2.05, 4.69) is 148 Å². The Bertz CT molecular complexity index is 5860. The van der Waals surface area contributed by atoms with Gasteiger partial charge >= 0.3 is 25.4 Å². The minimum Gasteiger partial charge on any atom is -0.444 e. The highest BCUT2D eigenvalue weighted by atomic mass is 79.9. The molecule has 4 unspecified atom stereocenters. The second-order valence-electron chi connectivity index (χ2n) is 35.3. The maximum atomic E-state index is 12.6. The van der Waals surface area contributed by atoms with Crippen LogP contribution in [0.4, 0.5) is 14.4 Å². The number of amides is 3. The Labute approximate surface area is 780 Å². The molecule has 14 aromatic rings. The first kappa shape index (κ1) is 97.1. The summed E-state index contributed by atoms with van der Waals surface area (Å²) in [7, 11) is 6.86. The molecule has 25 heteroatoms. The van der Waals surface area contributed by atoms with E-state index >= 15 is 0 Å². The Morgan fingerprint density at radius 2 is 0.661 bits per heavy atom. The SMILES string of the molecule is CN(CC(c1ccc(Cl)cc1)c1ccc(-c2ccnc3[nH]ccc23)cc1)C(=O)OC(C)(C)C.CN(CC(c1ccc(Cl)cc1)c1ccc(B2OC(C)(C)C(C)(C)O2)cc1)C(=O)OC(C)(C)C.CN(CC(c1ccc(Cl)cc1)c1ccc(Br)cc1)C(=O)OC(C)(C)C.CNCC(c1ccc(Cl)cc1)c1ccc(-c2ccnc3[nH]ccc23)cc1.Clc1ccnc2[nH]ccc12. The van der Waals surface area contributed by atoms with E-state index in [0.29, 0.717) is 34.7 Å². The van der Waals surface area contributed by atoms with Gasteiger partial charge in [0.25, 0.3) is 0 Å². The number of aromatic nitrogens is 6. The van der Waals surface area contributed by atoms with Gasteiger partial charge in [0.2, 0.25) is 0 Å². The normalized spacial score (nSPS) is 13.8. The van der Waals surface area contributed by atoms with Crippen molar-refractivity contribution < 1.29 is 37.9 Å². The number of hydrogen-bond acceptors (Lipinski definition) is 12. The van der Waals surface area contributed by atoms with Crippen molar-refractivity contribution in [1.29, 1.82) is 0 Å². The molecule has 1 saturated heterocycles. The number of halogens is 6. The Kier molecular flexibility index (Phi) is 33.0. The molecular weight excluding hydrogens is 1760 g/mol. The van der Waals surface area contributed by atoms with Gasteiger partial charge in [-0.1, -0.05) is 207 Å². The van der Waals surface area contributed by atoms with Crippen molar-refractivity contribution in [3.63, 3.8) is 0 Å². The Morgan fingerprint density at radius 1 is 0.394 bits per heavy atom. The van der Waals surface area contributed by atoms with Crippen LogP contribution in [-0.4, -0.2) is 152 Å². The topological polar surface area (TPSA) is 205 Å². The summed E-state index contributed by atoms with van der Waals surface area (Å²) < 4.78 is 30.0. The molecule has 4 N–H and O–H groups in total. The van der Waals surface area contributed by atoms with Crippen LogP contribution in [0.2, 0.25) is 25.1 Å². The fourth-order valence-corrected chi connectivity index (χ4v) is 15.4. The van der Waals surface area contributed by atoms with Gasteiger partial charge in [-0.2, -0.15) is 0 Å². The molecule has 8 aromatic carbocycles. The van der Waals surface area contributed by atoms with Crippen molar-refractivity contribution in [2.24, 2.45) is 0 Å². The fourth-order valence-electron chi connectivity index (χ4n) is 14.4. The quantitative estimate of drug-likeness (QED) is 0.0441. The van der Waals surface area contributed by atoms with Crippen LogP contribution in [-0.2, 0) is 23.5 Å². The Hall–Kier alpha value is -10.5. The third kappa shape index (κ3) is 27.1. The lowest BCUT2D eigenvalue weighted by Gasteiger charge is -2.32. The maximum Gasteiger partial charge on any atom is 0.494 e. The average molecular weight is 1870 g/mol. The molecule has 1 aliphatic rings. The predicted octanol–water partition coefficient (Wildman–Crippen LogP) is 26.1. The molecule has 662 valence electrons. The number of carbonyl (C=O) groups excluding carboxylic acids is 3. The zero-order valence-corrected chi connectivity index (χ0v) is 80.2. The summed E-state index contributed by atoms with van der Waals surface area (Å²) in [4.78, 5) is 64.5. The molecule has 1 fully saturated rings. The van der Waals surface area contributed by atoms with Gasteiger partial charge in [0.05, 0.1) is 16.2 Å². The lowest BCUT2D eigenvalue weighted by atomic mass is 9.78. The van der Waals surface area contributed by atoms with Gasteiger partial charge in [-0.25, -0.2) is 29.3 Å². The van der Waals surface area contributed by atoms with Crippen LogP contribution in [0.15, 0.2) is 272 Å². The van der Waals surface area contributed by atoms with E-state index in [9.17, 15) is 14.4 Å². The summed E-state index contributed by atoms with van der Waals surface area (Å²) >= 11 is 33.6. The Balaban J connectivity index is 0.000000159. The molecule has 1 aliphatic heterocycles. The minimum atomic E-state index is -0.550. The second kappa shape index (κ2) is 43.1. The number of aromatic amines is 3. The molecule has 0 spiro atoms. The molecule has 0 saturated carbocycles. The van der Waals surface area contributed by atoms with Crippen molar-refractivity contribution in [1.82, 2.24) is 49.9 Å². The van der Waals surface area contributed by atoms with Gasteiger partial charge in [-0.15, -0.1) is 0 Å². The van der Waals surface area contributed by atoms with Gasteiger partial charge < -0.3 is 58.5 Å². The molecule has 0 aliphatic carbocycles. The lowest BCUT2D eigenvalue weighted by Crippen LogP contribution is -2.41. The van der Waals surface area contributed by atoms with Crippen LogP contribution in [0.5, 0.6) is 0 Å². The molecular formula is C102H111BBrCl5N10O8. The molecule has 7 heterocycles. The van der Waals surface area contributed by atoms with Gasteiger partial charge in [0.15, 0.2) is 0 Å². The first-order valence-electron chi connectivity index (χ1n) is 42.0. The third-order valence-electron chi connectivity index (χ3n) is 21.7. The van der Waals surface area contributed by atoms with Gasteiger partial charge in [0, 0.05) is 149 Å². The smallest absolute Gasteiger partial charge is 0.444 e. The first-order chi connectivity index (χ1) is 60.2. The van der Waals surface area contributed by atoms with E-state index in [0.717, 1.165) is 104 Å². The number of hydrogen-bond donors (Lipinski definition) is 4. The summed E-state index contributed by atoms with van der Waals surface area (Å²) in [5.74, 6) is 0.240. The van der Waals surface area contributed by atoms with Gasteiger partial charge in [-0.05, 0) is 266 Å². The molecule has 127 heavy (non-hydrogen) atoms. The van der Waals surface area contributed by atoms with E-state index in [1.54, 1.807) is 48.1 Å². The van der Waals surface area contributed by atoms with Crippen LogP contribution < -0.4 is 10.8 Å². The summed E-state index contributed by atoms with van der Waals surface area (Å²) in [5.41, 5.74) is 14.9. The molecule has 0 radical (unpaired) electrons. The van der Waals surface area contributed by atoms with Crippen LogP contribution in [0.3, 0.4) is 0 Å². The molecule has 15 rings (SSSR count). The molecule has 0 bridgehead atoms. The highest BCUT2D eigenvalue weighted by molar-refractivity contribution is 9.10. The molecule has 6 aromatic heterocycles. The second-order valence-corrected chi connectivity index (χ2v) is 38.4. The van der Waals surface area contributed by atoms with E-state index < -0.39 is 35.1 Å². The van der Waals surface area contributed by atoms with Crippen LogP contribution in [0.25, 0.3) is 55.4 Å². The summed E-state index contributed by atoms with van der Waals surface area (Å²) in [5, 5.41) is 10.1. The van der Waals surface area contributed by atoms with Crippen molar-refractivity contribution in [3.8, 4) is 22.3 Å². The Morgan fingerprint density at radius 3 is 0.961 bits per heavy atom. The van der Waals surface area contributed by atoms with Crippen molar-refractivity contribution in [2.45, 2.75) is 142 Å². The van der Waals surface area contributed by atoms with Gasteiger partial charge in [0.1, 0.15) is 33.7 Å².